The van der Waals surface area contributed by atoms with E-state index in [9.17, 15) is 4.39 Å². The molecule has 1 aromatic heterocycles. The first-order valence-corrected chi connectivity index (χ1v) is 10.2. The molecule has 1 aliphatic heterocycles. The average molecular weight is 501 g/mol. The molecule has 5 nitrogen and oxygen atoms in total. The molecule has 1 aliphatic rings. The highest BCUT2D eigenvalue weighted by atomic mass is 127. The monoisotopic (exact) mass is 501 g/mol. The van der Waals surface area contributed by atoms with Crippen LogP contribution in [0.5, 0.6) is 0 Å². The van der Waals surface area contributed by atoms with Crippen molar-refractivity contribution < 1.29 is 4.39 Å². The number of aromatic nitrogens is 1. The highest BCUT2D eigenvalue weighted by Gasteiger charge is 2.21. The highest BCUT2D eigenvalue weighted by Crippen LogP contribution is 2.19. The van der Waals surface area contributed by atoms with E-state index in [2.05, 4.69) is 34.4 Å². The number of halogens is 2. The van der Waals surface area contributed by atoms with Crippen LogP contribution in [0, 0.1) is 11.7 Å². The van der Waals surface area contributed by atoms with E-state index < -0.39 is 0 Å². The molecule has 0 bridgehead atoms. The number of likely N-dealkylation sites (tertiary alicyclic amines) is 1. The molecule has 2 aromatic rings. The van der Waals surface area contributed by atoms with Crippen LogP contribution in [0.25, 0.3) is 10.9 Å². The summed E-state index contributed by atoms with van der Waals surface area (Å²) in [5.41, 5.74) is 2.04. The van der Waals surface area contributed by atoms with E-state index in [0.717, 1.165) is 42.9 Å². The van der Waals surface area contributed by atoms with E-state index in [4.69, 9.17) is 4.99 Å². The fourth-order valence-electron chi connectivity index (χ4n) is 3.82. The van der Waals surface area contributed by atoms with Crippen molar-refractivity contribution in [2.75, 3.05) is 39.3 Å². The Bertz CT molecular complexity index is 760. The summed E-state index contributed by atoms with van der Waals surface area (Å²) in [4.78, 5) is 10.5. The molecule has 1 fully saturated rings. The first-order chi connectivity index (χ1) is 13.2. The molecule has 1 saturated heterocycles. The summed E-state index contributed by atoms with van der Waals surface area (Å²) in [6, 6.07) is 4.90. The number of hydrogen-bond acceptors (Lipinski definition) is 2. The number of aliphatic imine (C=N–C) groups is 1. The van der Waals surface area contributed by atoms with Crippen LogP contribution in [0.15, 0.2) is 29.4 Å². The van der Waals surface area contributed by atoms with Gasteiger partial charge in [0.1, 0.15) is 5.82 Å². The molecule has 0 amide bonds. The number of benzene rings is 1. The Morgan fingerprint density at radius 3 is 2.96 bits per heavy atom. The molecule has 3 N–H and O–H groups in total. The first-order valence-electron chi connectivity index (χ1n) is 10.2. The van der Waals surface area contributed by atoms with Crippen molar-refractivity contribution in [2.45, 2.75) is 33.1 Å². The molecule has 7 heteroatoms. The van der Waals surface area contributed by atoms with Crippen LogP contribution in [-0.4, -0.2) is 55.1 Å². The van der Waals surface area contributed by atoms with Crippen molar-refractivity contribution in [2.24, 2.45) is 10.9 Å². The third-order valence-corrected chi connectivity index (χ3v) is 5.18. The van der Waals surface area contributed by atoms with Gasteiger partial charge in [0.15, 0.2) is 5.96 Å². The molecule has 0 aliphatic carbocycles. The van der Waals surface area contributed by atoms with E-state index in [1.54, 1.807) is 6.07 Å². The number of fused-ring (bicyclic) bond motifs is 1. The van der Waals surface area contributed by atoms with Crippen molar-refractivity contribution >= 4 is 40.8 Å². The van der Waals surface area contributed by atoms with Crippen LogP contribution in [0.3, 0.4) is 0 Å². The number of rotatable bonds is 8. The molecule has 1 atom stereocenters. The first kappa shape index (κ1) is 22.9. The van der Waals surface area contributed by atoms with Gasteiger partial charge in [-0.3, -0.25) is 4.99 Å². The summed E-state index contributed by atoms with van der Waals surface area (Å²) in [6.45, 7) is 10.4. The van der Waals surface area contributed by atoms with Gasteiger partial charge >= 0.3 is 0 Å². The Hall–Kier alpha value is -1.35. The van der Waals surface area contributed by atoms with E-state index in [-0.39, 0.29) is 29.8 Å². The maximum absolute atomic E-state index is 13.3. The Morgan fingerprint density at radius 1 is 1.32 bits per heavy atom. The van der Waals surface area contributed by atoms with Crippen molar-refractivity contribution in [3.05, 3.63) is 35.8 Å². The third-order valence-electron chi connectivity index (χ3n) is 5.18. The van der Waals surface area contributed by atoms with Crippen molar-refractivity contribution in [3.8, 4) is 0 Å². The zero-order valence-electron chi connectivity index (χ0n) is 16.9. The predicted molar refractivity (Wildman–Crippen MR) is 126 cm³/mol. The second-order valence-corrected chi connectivity index (χ2v) is 7.36. The molecule has 2 heterocycles. The smallest absolute Gasteiger partial charge is 0.191 e. The zero-order valence-corrected chi connectivity index (χ0v) is 19.3. The lowest BCUT2D eigenvalue weighted by Gasteiger charge is -2.15. The predicted octanol–water partition coefficient (Wildman–Crippen LogP) is 3.75. The summed E-state index contributed by atoms with van der Waals surface area (Å²) in [5, 5.41) is 7.85. The van der Waals surface area contributed by atoms with Gasteiger partial charge in [0, 0.05) is 43.3 Å². The maximum Gasteiger partial charge on any atom is 0.191 e. The van der Waals surface area contributed by atoms with Gasteiger partial charge in [-0.1, -0.05) is 6.92 Å². The number of nitrogens with one attached hydrogen (secondary N) is 3. The van der Waals surface area contributed by atoms with Gasteiger partial charge < -0.3 is 20.5 Å². The average Bonchev–Trinajstić information content (AvgIpc) is 3.27. The lowest BCUT2D eigenvalue weighted by molar-refractivity contribution is 0.326. The summed E-state index contributed by atoms with van der Waals surface area (Å²) in [6.07, 6.45) is 5.30. The topological polar surface area (TPSA) is 55.4 Å². The molecule has 0 spiro atoms. The fourth-order valence-corrected chi connectivity index (χ4v) is 3.82. The summed E-state index contributed by atoms with van der Waals surface area (Å²) in [5.74, 6) is 1.34. The van der Waals surface area contributed by atoms with E-state index >= 15 is 0 Å². The minimum atomic E-state index is -0.208. The lowest BCUT2D eigenvalue weighted by Crippen LogP contribution is -2.38. The van der Waals surface area contributed by atoms with Crippen molar-refractivity contribution in [1.82, 2.24) is 20.5 Å². The van der Waals surface area contributed by atoms with E-state index in [1.807, 2.05) is 12.3 Å². The second kappa shape index (κ2) is 11.6. The van der Waals surface area contributed by atoms with Gasteiger partial charge in [-0.25, -0.2) is 4.39 Å². The number of nitrogens with zero attached hydrogens (tertiary/aromatic N) is 2. The van der Waals surface area contributed by atoms with Crippen LogP contribution in [0.2, 0.25) is 0 Å². The number of aromatic amines is 1. The summed E-state index contributed by atoms with van der Waals surface area (Å²) < 4.78 is 13.3. The zero-order chi connectivity index (χ0) is 19.1. The molecular weight excluding hydrogens is 468 g/mol. The normalized spacial score (nSPS) is 17.7. The molecule has 0 saturated carbocycles. The van der Waals surface area contributed by atoms with Crippen molar-refractivity contribution in [1.29, 1.82) is 0 Å². The van der Waals surface area contributed by atoms with Gasteiger partial charge in [-0.05, 0) is 69.0 Å². The van der Waals surface area contributed by atoms with Crippen LogP contribution >= 0.6 is 24.0 Å². The van der Waals surface area contributed by atoms with Gasteiger partial charge in [-0.15, -0.1) is 24.0 Å². The van der Waals surface area contributed by atoms with Gasteiger partial charge in [0.25, 0.3) is 0 Å². The van der Waals surface area contributed by atoms with E-state index in [0.29, 0.717) is 5.92 Å². The number of guanidine groups is 1. The summed E-state index contributed by atoms with van der Waals surface area (Å²) in [7, 11) is 0. The standard InChI is InChI=1S/C21H32FN5.HI/c1-3-10-27-11-8-16(15-27)13-26-21(23-4-2)24-9-7-17-14-25-20-12-18(22)5-6-19(17)20;/h5-6,12,14,16,25H,3-4,7-11,13,15H2,1-2H3,(H2,23,24,26);1H. The quantitative estimate of drug-likeness (QED) is 0.294. The highest BCUT2D eigenvalue weighted by molar-refractivity contribution is 14.0. The Kier molecular flexibility index (Phi) is 9.50. The van der Waals surface area contributed by atoms with Gasteiger partial charge in [-0.2, -0.15) is 0 Å². The van der Waals surface area contributed by atoms with Gasteiger partial charge in [0.2, 0.25) is 0 Å². The lowest BCUT2D eigenvalue weighted by atomic mass is 10.1. The van der Waals surface area contributed by atoms with Crippen LogP contribution in [0.1, 0.15) is 32.3 Å². The SMILES string of the molecule is CCCN1CCC(CN=C(NCC)NCCc2c[nH]c3cc(F)ccc23)C1.I. The molecular formula is C21H33FIN5. The minimum absolute atomic E-state index is 0. The fraction of sp³-hybridized carbons (Fsp3) is 0.571. The maximum atomic E-state index is 13.3. The van der Waals surface area contributed by atoms with E-state index in [1.165, 1.54) is 44.1 Å². The van der Waals surface area contributed by atoms with Crippen molar-refractivity contribution in [3.63, 3.8) is 0 Å². The Balaban J connectivity index is 0.00000280. The molecule has 1 unspecified atom stereocenters. The molecule has 1 aromatic carbocycles. The second-order valence-electron chi connectivity index (χ2n) is 7.36. The van der Waals surface area contributed by atoms with Crippen LogP contribution in [-0.2, 0) is 6.42 Å². The third kappa shape index (κ3) is 6.34. The minimum Gasteiger partial charge on any atom is -0.361 e. The Labute approximate surface area is 184 Å². The van der Waals surface area contributed by atoms with Crippen LogP contribution in [0.4, 0.5) is 4.39 Å². The van der Waals surface area contributed by atoms with Crippen LogP contribution < -0.4 is 10.6 Å². The Morgan fingerprint density at radius 2 is 2.18 bits per heavy atom. The van der Waals surface area contributed by atoms with Gasteiger partial charge in [0.05, 0.1) is 0 Å². The summed E-state index contributed by atoms with van der Waals surface area (Å²) >= 11 is 0. The number of hydrogen-bond donors (Lipinski definition) is 3. The largest absolute Gasteiger partial charge is 0.361 e. The molecule has 3 rings (SSSR count). The molecule has 28 heavy (non-hydrogen) atoms. The molecule has 156 valence electrons. The number of H-pyrrole nitrogens is 1. The molecule has 0 radical (unpaired) electrons.